The van der Waals surface area contributed by atoms with E-state index in [2.05, 4.69) is 0 Å². The number of para-hydroxylation sites is 1. The van der Waals surface area contributed by atoms with Crippen LogP contribution in [-0.2, 0) is 11.1 Å². The van der Waals surface area contributed by atoms with E-state index in [4.69, 9.17) is 0 Å². The molecule has 98 valence electrons. The van der Waals surface area contributed by atoms with E-state index in [1.807, 2.05) is 30.3 Å². The largest absolute Gasteiger partial charge is 0.574 e. The molecule has 0 radical (unpaired) electrons. The van der Waals surface area contributed by atoms with Gasteiger partial charge in [0.2, 0.25) is 0 Å². The van der Waals surface area contributed by atoms with Crippen LogP contribution in [0.15, 0.2) is 54.6 Å². The highest BCUT2D eigenvalue weighted by Gasteiger charge is 2.36. The molecule has 2 aromatic rings. The third kappa shape index (κ3) is 3.61. The predicted molar refractivity (Wildman–Crippen MR) is 72.7 cm³/mol. The molecule has 5 heteroatoms. The summed E-state index contributed by atoms with van der Waals surface area (Å²) in [6.45, 7) is 0.585. The molecular formula is C14H16NO3P+2. The van der Waals surface area contributed by atoms with Gasteiger partial charge in [-0.15, -0.1) is 0 Å². The molecule has 0 aromatic heterocycles. The van der Waals surface area contributed by atoms with E-state index in [1.54, 1.807) is 23.5 Å². The lowest BCUT2D eigenvalue weighted by atomic mass is 10.2. The second kappa shape index (κ2) is 6.43. The van der Waals surface area contributed by atoms with Crippen LogP contribution in [0.25, 0.3) is 0 Å². The van der Waals surface area contributed by atoms with Crippen LogP contribution in [0.4, 0.5) is 0 Å². The summed E-state index contributed by atoms with van der Waals surface area (Å²) in [4.78, 5) is 9.43. The van der Waals surface area contributed by atoms with Gasteiger partial charge in [0.15, 0.2) is 0 Å². The van der Waals surface area contributed by atoms with Gasteiger partial charge in [-0.3, -0.25) is 5.32 Å². The summed E-state index contributed by atoms with van der Waals surface area (Å²) in [5.41, 5.74) is 1.56. The summed E-state index contributed by atoms with van der Waals surface area (Å²) >= 11 is 0. The number of aromatic hydroxyl groups is 1. The Bertz CT molecular complexity index is 560. The van der Waals surface area contributed by atoms with Gasteiger partial charge >= 0.3 is 13.8 Å². The highest BCUT2D eigenvalue weighted by atomic mass is 31.1. The lowest BCUT2D eigenvalue weighted by Gasteiger charge is -2.07. The summed E-state index contributed by atoms with van der Waals surface area (Å²) in [5.74, 6) is -0.606. The summed E-state index contributed by atoms with van der Waals surface area (Å²) < 4.78 is 11.5. The first-order chi connectivity index (χ1) is 9.18. The topological polar surface area (TPSA) is 74.1 Å². The van der Waals surface area contributed by atoms with E-state index in [1.165, 1.54) is 6.07 Å². The van der Waals surface area contributed by atoms with Crippen molar-refractivity contribution in [3.63, 3.8) is 0 Å². The van der Waals surface area contributed by atoms with Gasteiger partial charge in [0.05, 0.1) is 0 Å². The van der Waals surface area contributed by atoms with Gasteiger partial charge in [0.25, 0.3) is 0 Å². The number of phenols is 1. The maximum absolute atomic E-state index is 11.5. The van der Waals surface area contributed by atoms with Crippen molar-refractivity contribution in [2.45, 2.75) is 12.3 Å². The molecule has 0 fully saturated rings. The Kier molecular flexibility index (Phi) is 4.63. The summed E-state index contributed by atoms with van der Waals surface area (Å²) in [7, 11) is -2.42. The first kappa shape index (κ1) is 13.7. The van der Waals surface area contributed by atoms with Gasteiger partial charge in [0.1, 0.15) is 17.9 Å². The number of rotatable bonds is 5. The van der Waals surface area contributed by atoms with E-state index in [0.29, 0.717) is 12.1 Å². The molecule has 1 unspecified atom stereocenters. The maximum Gasteiger partial charge on any atom is 0.574 e. The van der Waals surface area contributed by atoms with Crippen LogP contribution in [-0.4, -0.2) is 10.00 Å². The van der Waals surface area contributed by atoms with Crippen LogP contribution in [0, 0.1) is 0 Å². The zero-order chi connectivity index (χ0) is 13.7. The third-order valence-corrected chi connectivity index (χ3v) is 3.88. The van der Waals surface area contributed by atoms with E-state index >= 15 is 0 Å². The van der Waals surface area contributed by atoms with E-state index in [-0.39, 0.29) is 5.75 Å². The number of phenolic OH excluding ortho intramolecular Hbond substituents is 1. The van der Waals surface area contributed by atoms with Crippen LogP contribution in [0.5, 0.6) is 5.75 Å². The molecule has 0 heterocycles. The maximum atomic E-state index is 11.5. The van der Waals surface area contributed by atoms with Crippen LogP contribution in [0.3, 0.4) is 0 Å². The van der Waals surface area contributed by atoms with Gasteiger partial charge in [0, 0.05) is 5.56 Å². The van der Waals surface area contributed by atoms with Crippen molar-refractivity contribution in [3.8, 4) is 5.75 Å². The molecule has 0 aliphatic rings. The third-order valence-electron chi connectivity index (χ3n) is 2.91. The van der Waals surface area contributed by atoms with Crippen molar-refractivity contribution < 1.29 is 19.9 Å². The van der Waals surface area contributed by atoms with Gasteiger partial charge in [-0.05, 0) is 16.7 Å². The molecule has 0 bridgehead atoms. The quantitative estimate of drug-likeness (QED) is 0.731. The molecule has 2 atom stereocenters. The highest BCUT2D eigenvalue weighted by molar-refractivity contribution is 7.38. The Balaban J connectivity index is 2.14. The fraction of sp³-hybridized carbons (Fsp3) is 0.143. The Labute approximate surface area is 112 Å². The molecule has 0 amide bonds. The first-order valence-electron chi connectivity index (χ1n) is 5.99. The molecular weight excluding hydrogens is 261 g/mol. The van der Waals surface area contributed by atoms with E-state index < -0.39 is 13.8 Å². The van der Waals surface area contributed by atoms with Crippen molar-refractivity contribution in [1.29, 1.82) is 0 Å². The molecule has 4 N–H and O–H groups in total. The molecule has 2 rings (SSSR count). The first-order valence-corrected chi connectivity index (χ1v) is 7.27. The van der Waals surface area contributed by atoms with Crippen molar-refractivity contribution in [1.82, 2.24) is 0 Å². The number of hydrogen-bond acceptors (Lipinski definition) is 2. The van der Waals surface area contributed by atoms with Gasteiger partial charge in [-0.1, -0.05) is 42.5 Å². The zero-order valence-electron chi connectivity index (χ0n) is 10.3. The smallest absolute Gasteiger partial charge is 0.507 e. The molecule has 0 aliphatic heterocycles. The zero-order valence-corrected chi connectivity index (χ0v) is 11.2. The second-order valence-corrected chi connectivity index (χ2v) is 5.39. The Morgan fingerprint density at radius 3 is 2.32 bits per heavy atom. The van der Waals surface area contributed by atoms with E-state index in [9.17, 15) is 14.6 Å². The monoisotopic (exact) mass is 277 g/mol. The fourth-order valence-corrected chi connectivity index (χ4v) is 2.68. The van der Waals surface area contributed by atoms with Crippen LogP contribution < -0.4 is 5.32 Å². The van der Waals surface area contributed by atoms with Crippen molar-refractivity contribution >= 4 is 8.03 Å². The number of nitrogens with two attached hydrogens (primary N) is 1. The van der Waals surface area contributed by atoms with Crippen LogP contribution in [0.1, 0.15) is 16.9 Å². The SMILES string of the molecule is O=[P+](O)[C@@H]([NH2+]Cc1ccccc1)c1ccccc1O. The molecule has 0 spiro atoms. The number of benzene rings is 2. The number of hydrogen-bond donors (Lipinski definition) is 3. The minimum absolute atomic E-state index is 0.0502. The lowest BCUT2D eigenvalue weighted by Crippen LogP contribution is -2.82. The lowest BCUT2D eigenvalue weighted by molar-refractivity contribution is -0.691. The molecule has 0 saturated heterocycles. The van der Waals surface area contributed by atoms with E-state index in [0.717, 1.165) is 5.56 Å². The molecule has 0 aliphatic carbocycles. The van der Waals surface area contributed by atoms with Gasteiger partial charge in [-0.2, -0.15) is 4.89 Å². The summed E-state index contributed by atoms with van der Waals surface area (Å²) in [6.07, 6.45) is 0. The van der Waals surface area contributed by atoms with Crippen LogP contribution in [0.2, 0.25) is 0 Å². The average Bonchev–Trinajstić information content (AvgIpc) is 2.42. The minimum Gasteiger partial charge on any atom is -0.507 e. The molecule has 4 nitrogen and oxygen atoms in total. The Morgan fingerprint density at radius 2 is 1.68 bits per heavy atom. The van der Waals surface area contributed by atoms with Crippen molar-refractivity contribution in [2.24, 2.45) is 0 Å². The van der Waals surface area contributed by atoms with Gasteiger partial charge in [-0.25, -0.2) is 0 Å². The number of quaternary nitrogens is 1. The van der Waals surface area contributed by atoms with Crippen molar-refractivity contribution in [3.05, 3.63) is 65.7 Å². The summed E-state index contributed by atoms with van der Waals surface area (Å²) in [5, 5.41) is 11.5. The predicted octanol–water partition coefficient (Wildman–Crippen LogP) is 1.89. The second-order valence-electron chi connectivity index (χ2n) is 4.23. The average molecular weight is 277 g/mol. The highest BCUT2D eigenvalue weighted by Crippen LogP contribution is 2.35. The Hall–Kier alpha value is -1.74. The fourth-order valence-electron chi connectivity index (χ4n) is 1.94. The molecule has 0 saturated carbocycles. The van der Waals surface area contributed by atoms with Crippen molar-refractivity contribution in [2.75, 3.05) is 0 Å². The van der Waals surface area contributed by atoms with Gasteiger partial charge < -0.3 is 5.11 Å². The standard InChI is InChI=1S/C14H14NO3P/c16-13-9-5-4-8-12(13)14(19(17)18)15-10-11-6-2-1-3-7-11/h1-9,14-15H,10H2,(H-,16,17,18)/p+2/t14-/m1/s1. The minimum atomic E-state index is -2.42. The summed E-state index contributed by atoms with van der Waals surface area (Å²) in [6, 6.07) is 16.3. The molecule has 19 heavy (non-hydrogen) atoms. The van der Waals surface area contributed by atoms with Crippen LogP contribution >= 0.6 is 8.03 Å². The Morgan fingerprint density at radius 1 is 1.05 bits per heavy atom. The normalized spacial score (nSPS) is 13.0. The molecule has 2 aromatic carbocycles.